The van der Waals surface area contributed by atoms with Gasteiger partial charge in [0.05, 0.1) is 12.0 Å². The average Bonchev–Trinajstić information content (AvgIpc) is 3.26. The van der Waals surface area contributed by atoms with Crippen molar-refractivity contribution < 1.29 is 24.0 Å². The summed E-state index contributed by atoms with van der Waals surface area (Å²) < 4.78 is 10.7. The molecule has 1 fully saturated rings. The molecule has 3 rings (SSSR count). The van der Waals surface area contributed by atoms with Crippen LogP contribution < -0.4 is 4.74 Å². The highest BCUT2D eigenvalue weighted by atomic mass is 16.6. The molecule has 1 saturated heterocycles. The molecule has 8 nitrogen and oxygen atoms in total. The molecule has 1 aliphatic heterocycles. The average molecular weight is 384 g/mol. The summed E-state index contributed by atoms with van der Waals surface area (Å²) in [5.41, 5.74) is 0.166. The van der Waals surface area contributed by atoms with E-state index in [-0.39, 0.29) is 22.9 Å². The van der Waals surface area contributed by atoms with E-state index in [0.29, 0.717) is 18.7 Å². The summed E-state index contributed by atoms with van der Waals surface area (Å²) in [7, 11) is 1.35. The number of esters is 1. The van der Waals surface area contributed by atoms with E-state index in [1.54, 1.807) is 35.2 Å². The van der Waals surface area contributed by atoms with Crippen molar-refractivity contribution in [2.24, 2.45) is 0 Å². The van der Waals surface area contributed by atoms with Gasteiger partial charge in [-0.25, -0.2) is 4.79 Å². The first-order valence-electron chi connectivity index (χ1n) is 8.88. The number of nitrogens with zero attached hydrogens (tertiary/aromatic N) is 2. The van der Waals surface area contributed by atoms with Gasteiger partial charge >= 0.3 is 5.97 Å². The summed E-state index contributed by atoms with van der Waals surface area (Å²) in [5, 5.41) is 11.1. The number of ether oxygens (including phenoxy) is 2. The number of methoxy groups -OCH3 is 1. The second-order valence-corrected chi connectivity index (χ2v) is 6.37. The maximum atomic E-state index is 13.0. The van der Waals surface area contributed by atoms with E-state index in [2.05, 4.69) is 0 Å². The number of carbonyl (C=O) groups excluding carboxylic acids is 2. The summed E-state index contributed by atoms with van der Waals surface area (Å²) in [6, 6.07) is 12.4. The fourth-order valence-corrected chi connectivity index (χ4v) is 3.13. The molecule has 0 aromatic heterocycles. The first-order chi connectivity index (χ1) is 13.5. The Kier molecular flexibility index (Phi) is 5.88. The third-order valence-corrected chi connectivity index (χ3v) is 4.58. The topological polar surface area (TPSA) is 99.0 Å². The molecule has 146 valence electrons. The van der Waals surface area contributed by atoms with Crippen LogP contribution in [-0.4, -0.2) is 41.9 Å². The minimum Gasteiger partial charge on any atom is -0.496 e. The van der Waals surface area contributed by atoms with Crippen molar-refractivity contribution in [2.75, 3.05) is 20.2 Å². The van der Waals surface area contributed by atoms with Gasteiger partial charge in [-0.2, -0.15) is 0 Å². The summed E-state index contributed by atoms with van der Waals surface area (Å²) >= 11 is 0. The number of benzene rings is 2. The second-order valence-electron chi connectivity index (χ2n) is 6.37. The van der Waals surface area contributed by atoms with Gasteiger partial charge in [-0.05, 0) is 18.9 Å². The molecule has 1 aliphatic rings. The molecule has 28 heavy (non-hydrogen) atoms. The third-order valence-electron chi connectivity index (χ3n) is 4.58. The number of likely N-dealkylation sites (tertiary alicyclic amines) is 1. The number of hydrogen-bond acceptors (Lipinski definition) is 6. The third kappa shape index (κ3) is 4.11. The minimum absolute atomic E-state index is 0.105. The Hall–Kier alpha value is -3.42. The molecule has 0 spiro atoms. The van der Waals surface area contributed by atoms with Crippen LogP contribution in [0.4, 0.5) is 5.69 Å². The van der Waals surface area contributed by atoms with Crippen molar-refractivity contribution in [1.82, 2.24) is 4.90 Å². The number of nitro groups is 1. The molecule has 1 heterocycles. The van der Waals surface area contributed by atoms with Gasteiger partial charge < -0.3 is 14.4 Å². The van der Waals surface area contributed by atoms with Crippen LogP contribution >= 0.6 is 0 Å². The number of hydrogen-bond donors (Lipinski definition) is 0. The first-order valence-corrected chi connectivity index (χ1v) is 8.88. The molecule has 1 amide bonds. The highest BCUT2D eigenvalue weighted by molar-refractivity contribution is 5.95. The van der Waals surface area contributed by atoms with E-state index in [1.807, 2.05) is 0 Å². The Morgan fingerprint density at radius 1 is 1.11 bits per heavy atom. The molecule has 1 atom stereocenters. The maximum Gasteiger partial charge on any atom is 0.343 e. The SMILES string of the molecule is COc1ccc([N+](=O)[O-])cc1C(=O)O[C@H](C(=O)N1CCCC1)c1ccccc1. The van der Waals surface area contributed by atoms with Gasteiger partial charge in [-0.3, -0.25) is 14.9 Å². The van der Waals surface area contributed by atoms with E-state index in [1.165, 1.54) is 19.2 Å². The number of rotatable bonds is 6. The molecule has 2 aromatic carbocycles. The summed E-state index contributed by atoms with van der Waals surface area (Å²) in [5.74, 6) is -1.03. The Labute approximate surface area is 161 Å². The largest absolute Gasteiger partial charge is 0.496 e. The van der Waals surface area contributed by atoms with Crippen molar-refractivity contribution in [2.45, 2.75) is 18.9 Å². The Balaban J connectivity index is 1.92. The highest BCUT2D eigenvalue weighted by Gasteiger charge is 2.32. The number of carbonyl (C=O) groups is 2. The minimum atomic E-state index is -1.13. The summed E-state index contributed by atoms with van der Waals surface area (Å²) in [6.07, 6.45) is 0.676. The lowest BCUT2D eigenvalue weighted by Gasteiger charge is -2.23. The maximum absolute atomic E-state index is 13.0. The predicted octanol–water partition coefficient (Wildman–Crippen LogP) is 3.12. The molecule has 0 saturated carbocycles. The van der Waals surface area contributed by atoms with Gasteiger partial charge in [0.15, 0.2) is 0 Å². The fraction of sp³-hybridized carbons (Fsp3) is 0.300. The first kappa shape index (κ1) is 19.3. The monoisotopic (exact) mass is 384 g/mol. The van der Waals surface area contributed by atoms with Gasteiger partial charge in [-0.1, -0.05) is 30.3 Å². The van der Waals surface area contributed by atoms with Gasteiger partial charge in [0.25, 0.3) is 11.6 Å². The zero-order valence-corrected chi connectivity index (χ0v) is 15.4. The fourth-order valence-electron chi connectivity index (χ4n) is 3.13. The van der Waals surface area contributed by atoms with Gasteiger partial charge in [-0.15, -0.1) is 0 Å². The normalized spacial score (nSPS) is 14.4. The van der Waals surface area contributed by atoms with Crippen LogP contribution in [0.5, 0.6) is 5.75 Å². The van der Waals surface area contributed by atoms with Gasteiger partial charge in [0, 0.05) is 30.8 Å². The molecule has 0 radical (unpaired) electrons. The van der Waals surface area contributed by atoms with Crippen LogP contribution in [0.2, 0.25) is 0 Å². The van der Waals surface area contributed by atoms with Crippen molar-refractivity contribution in [3.63, 3.8) is 0 Å². The number of amides is 1. The smallest absolute Gasteiger partial charge is 0.343 e. The Bertz CT molecular complexity index is 878. The molecule has 0 unspecified atom stereocenters. The molecule has 0 bridgehead atoms. The molecule has 0 N–H and O–H groups in total. The van der Waals surface area contributed by atoms with Crippen LogP contribution in [0.3, 0.4) is 0 Å². The lowest BCUT2D eigenvalue weighted by atomic mass is 10.1. The van der Waals surface area contributed by atoms with E-state index in [4.69, 9.17) is 9.47 Å². The van der Waals surface area contributed by atoms with Crippen molar-refractivity contribution >= 4 is 17.6 Å². The number of non-ortho nitro benzene ring substituents is 1. The number of nitro benzene ring substituents is 1. The molecule has 0 aliphatic carbocycles. The second kappa shape index (κ2) is 8.51. The summed E-state index contributed by atoms with van der Waals surface area (Å²) in [6.45, 7) is 1.22. The molecule has 8 heteroatoms. The molecular formula is C20H20N2O6. The zero-order chi connectivity index (χ0) is 20.1. The van der Waals surface area contributed by atoms with E-state index in [0.717, 1.165) is 18.9 Å². The van der Waals surface area contributed by atoms with Crippen molar-refractivity contribution in [3.05, 3.63) is 69.8 Å². The van der Waals surface area contributed by atoms with Crippen LogP contribution in [0.25, 0.3) is 0 Å². The van der Waals surface area contributed by atoms with E-state index >= 15 is 0 Å². The Morgan fingerprint density at radius 2 is 1.79 bits per heavy atom. The lowest BCUT2D eigenvalue weighted by molar-refractivity contribution is -0.384. The molecule has 2 aromatic rings. The van der Waals surface area contributed by atoms with Crippen molar-refractivity contribution in [1.29, 1.82) is 0 Å². The summed E-state index contributed by atoms with van der Waals surface area (Å²) in [4.78, 5) is 37.9. The zero-order valence-electron chi connectivity index (χ0n) is 15.4. The van der Waals surface area contributed by atoms with Gasteiger partial charge in [0.2, 0.25) is 6.10 Å². The van der Waals surface area contributed by atoms with Crippen molar-refractivity contribution in [3.8, 4) is 5.75 Å². The predicted molar refractivity (Wildman–Crippen MR) is 100 cm³/mol. The van der Waals surface area contributed by atoms with Crippen LogP contribution in [0, 0.1) is 10.1 Å². The van der Waals surface area contributed by atoms with E-state index in [9.17, 15) is 19.7 Å². The highest BCUT2D eigenvalue weighted by Crippen LogP contribution is 2.29. The van der Waals surface area contributed by atoms with Crippen LogP contribution in [0.1, 0.15) is 34.9 Å². The quantitative estimate of drug-likeness (QED) is 0.431. The Morgan fingerprint density at radius 3 is 2.39 bits per heavy atom. The standard InChI is InChI=1S/C20H20N2O6/c1-27-17-10-9-15(22(25)26)13-16(17)20(24)28-18(14-7-3-2-4-8-14)19(23)21-11-5-6-12-21/h2-4,7-10,13,18H,5-6,11-12H2,1H3/t18-/m0/s1. The molecular weight excluding hydrogens is 364 g/mol. The lowest BCUT2D eigenvalue weighted by Crippen LogP contribution is -2.35. The van der Waals surface area contributed by atoms with Gasteiger partial charge in [0.1, 0.15) is 11.3 Å². The van der Waals surface area contributed by atoms with E-state index < -0.39 is 17.0 Å². The van der Waals surface area contributed by atoms with Crippen LogP contribution in [-0.2, 0) is 9.53 Å². The van der Waals surface area contributed by atoms with Crippen LogP contribution in [0.15, 0.2) is 48.5 Å².